The number of aryl methyl sites for hydroxylation is 1. The number of para-hydroxylation sites is 2. The molecule has 4 aromatic rings. The molecule has 0 fully saturated rings. The van der Waals surface area contributed by atoms with Gasteiger partial charge in [-0.1, -0.05) is 40.2 Å². The molecule has 4 rings (SSSR count). The Morgan fingerprint density at radius 1 is 1.03 bits per heavy atom. The topological polar surface area (TPSA) is 68.6 Å². The molecular weight excluding hydrogens is 436 g/mol. The summed E-state index contributed by atoms with van der Waals surface area (Å²) < 4.78 is 13.6. The van der Waals surface area contributed by atoms with Crippen LogP contribution in [0.1, 0.15) is 12.2 Å². The number of hydrogen-bond acceptors (Lipinski definition) is 4. The summed E-state index contributed by atoms with van der Waals surface area (Å²) in [6, 6.07) is 18.8. The Morgan fingerprint density at radius 3 is 2.59 bits per heavy atom. The van der Waals surface area contributed by atoms with Crippen LogP contribution in [0.25, 0.3) is 22.4 Å². The summed E-state index contributed by atoms with van der Waals surface area (Å²) in [5.41, 5.74) is 2.19. The third kappa shape index (κ3) is 4.19. The maximum absolute atomic E-state index is 12.5. The SMILES string of the molecule is CN(Cc1ccc(-c2ccc(Br)cc2)o1)C(=O)CCn1c(=O)oc2ccccc21. The first kappa shape index (κ1) is 19.3. The van der Waals surface area contributed by atoms with Gasteiger partial charge in [-0.05, 0) is 36.4 Å². The minimum absolute atomic E-state index is 0.0798. The van der Waals surface area contributed by atoms with Gasteiger partial charge < -0.3 is 13.7 Å². The van der Waals surface area contributed by atoms with Crippen molar-refractivity contribution < 1.29 is 13.6 Å². The van der Waals surface area contributed by atoms with Gasteiger partial charge in [0.2, 0.25) is 5.91 Å². The Labute approximate surface area is 175 Å². The van der Waals surface area contributed by atoms with Gasteiger partial charge in [-0.15, -0.1) is 0 Å². The van der Waals surface area contributed by atoms with E-state index in [1.54, 1.807) is 30.1 Å². The van der Waals surface area contributed by atoms with Crippen molar-refractivity contribution in [3.8, 4) is 11.3 Å². The Bertz CT molecular complexity index is 1200. The number of carbonyl (C=O) groups is 1. The number of carbonyl (C=O) groups excluding carboxylic acids is 1. The normalized spacial score (nSPS) is 11.1. The standard InChI is InChI=1S/C22H19BrN2O4/c1-24(14-17-10-11-19(28-17)15-6-8-16(23)9-7-15)21(26)12-13-25-18-4-2-3-5-20(18)29-22(25)27/h2-11H,12-14H2,1H3. The maximum atomic E-state index is 12.5. The lowest BCUT2D eigenvalue weighted by Crippen LogP contribution is -2.28. The molecule has 0 aliphatic heterocycles. The Kier molecular flexibility index (Phi) is 5.40. The number of amides is 1. The highest BCUT2D eigenvalue weighted by atomic mass is 79.9. The zero-order chi connectivity index (χ0) is 20.4. The van der Waals surface area contributed by atoms with Gasteiger partial charge in [-0.3, -0.25) is 9.36 Å². The Hall–Kier alpha value is -3.06. The molecule has 0 unspecified atom stereocenters. The summed E-state index contributed by atoms with van der Waals surface area (Å²) in [7, 11) is 1.72. The van der Waals surface area contributed by atoms with E-state index in [4.69, 9.17) is 8.83 Å². The molecule has 0 spiro atoms. The molecule has 29 heavy (non-hydrogen) atoms. The van der Waals surface area contributed by atoms with Gasteiger partial charge in [0.1, 0.15) is 11.5 Å². The molecular formula is C22H19BrN2O4. The molecule has 0 radical (unpaired) electrons. The highest BCUT2D eigenvalue weighted by Crippen LogP contribution is 2.24. The monoisotopic (exact) mass is 454 g/mol. The van der Waals surface area contributed by atoms with Gasteiger partial charge in [-0.25, -0.2) is 4.79 Å². The van der Waals surface area contributed by atoms with Gasteiger partial charge in [-0.2, -0.15) is 0 Å². The Morgan fingerprint density at radius 2 is 1.79 bits per heavy atom. The summed E-state index contributed by atoms with van der Waals surface area (Å²) in [4.78, 5) is 26.2. The molecule has 7 heteroatoms. The number of rotatable bonds is 6. The summed E-state index contributed by atoms with van der Waals surface area (Å²) in [5.74, 6) is 0.921. The number of furan rings is 1. The van der Waals surface area contributed by atoms with Crippen LogP contribution in [0.5, 0.6) is 0 Å². The molecule has 0 N–H and O–H groups in total. The molecule has 148 valence electrons. The van der Waals surface area contributed by atoms with E-state index in [1.165, 1.54) is 4.57 Å². The fourth-order valence-corrected chi connectivity index (χ4v) is 3.44. The molecule has 2 aromatic carbocycles. The third-order valence-corrected chi connectivity index (χ3v) is 5.26. The van der Waals surface area contributed by atoms with Crippen molar-refractivity contribution in [1.29, 1.82) is 0 Å². The summed E-state index contributed by atoms with van der Waals surface area (Å²) in [6.45, 7) is 0.623. The van der Waals surface area contributed by atoms with Gasteiger partial charge in [0.15, 0.2) is 5.58 Å². The van der Waals surface area contributed by atoms with Crippen molar-refractivity contribution in [2.75, 3.05) is 7.05 Å². The van der Waals surface area contributed by atoms with E-state index in [1.807, 2.05) is 42.5 Å². The highest BCUT2D eigenvalue weighted by molar-refractivity contribution is 9.10. The lowest BCUT2D eigenvalue weighted by molar-refractivity contribution is -0.130. The van der Waals surface area contributed by atoms with Crippen LogP contribution in [0.2, 0.25) is 0 Å². The van der Waals surface area contributed by atoms with Crippen molar-refractivity contribution in [2.24, 2.45) is 0 Å². The van der Waals surface area contributed by atoms with Gasteiger partial charge in [0.25, 0.3) is 0 Å². The molecule has 1 amide bonds. The number of hydrogen-bond donors (Lipinski definition) is 0. The van der Waals surface area contributed by atoms with Crippen LogP contribution < -0.4 is 5.76 Å². The summed E-state index contributed by atoms with van der Waals surface area (Å²) in [6.07, 6.45) is 0.195. The van der Waals surface area contributed by atoms with Crippen molar-refractivity contribution in [2.45, 2.75) is 19.5 Å². The zero-order valence-electron chi connectivity index (χ0n) is 15.8. The van der Waals surface area contributed by atoms with Gasteiger partial charge >= 0.3 is 5.76 Å². The van der Waals surface area contributed by atoms with Crippen molar-refractivity contribution in [1.82, 2.24) is 9.47 Å². The van der Waals surface area contributed by atoms with Crippen molar-refractivity contribution in [3.63, 3.8) is 0 Å². The predicted octanol–water partition coefficient (Wildman–Crippen LogP) is 4.67. The van der Waals surface area contributed by atoms with Crippen LogP contribution in [-0.2, 0) is 17.9 Å². The highest BCUT2D eigenvalue weighted by Gasteiger charge is 2.15. The molecule has 2 heterocycles. The number of fused-ring (bicyclic) bond motifs is 1. The van der Waals surface area contributed by atoms with E-state index in [-0.39, 0.29) is 18.9 Å². The molecule has 2 aromatic heterocycles. The minimum Gasteiger partial charge on any atom is -0.459 e. The smallest absolute Gasteiger partial charge is 0.419 e. The fraction of sp³-hybridized carbons (Fsp3) is 0.182. The van der Waals surface area contributed by atoms with E-state index in [0.717, 1.165) is 15.8 Å². The number of aromatic nitrogens is 1. The van der Waals surface area contributed by atoms with Crippen LogP contribution in [-0.4, -0.2) is 22.4 Å². The van der Waals surface area contributed by atoms with Crippen molar-refractivity contribution >= 4 is 32.9 Å². The molecule has 0 atom stereocenters. The minimum atomic E-state index is -0.452. The van der Waals surface area contributed by atoms with E-state index < -0.39 is 5.76 Å². The second-order valence-electron chi connectivity index (χ2n) is 6.76. The van der Waals surface area contributed by atoms with Gasteiger partial charge in [0, 0.05) is 30.0 Å². The first-order valence-corrected chi connectivity index (χ1v) is 9.97. The lowest BCUT2D eigenvalue weighted by Gasteiger charge is -2.15. The lowest BCUT2D eigenvalue weighted by atomic mass is 10.2. The zero-order valence-corrected chi connectivity index (χ0v) is 17.4. The number of halogens is 1. The average Bonchev–Trinajstić information content (AvgIpc) is 3.30. The van der Waals surface area contributed by atoms with Crippen LogP contribution in [0.15, 0.2) is 78.8 Å². The first-order valence-electron chi connectivity index (χ1n) is 9.18. The predicted molar refractivity (Wildman–Crippen MR) is 113 cm³/mol. The fourth-order valence-electron chi connectivity index (χ4n) is 3.18. The maximum Gasteiger partial charge on any atom is 0.419 e. The quantitative estimate of drug-likeness (QED) is 0.424. The molecule has 6 nitrogen and oxygen atoms in total. The largest absolute Gasteiger partial charge is 0.459 e. The molecule has 0 aliphatic rings. The van der Waals surface area contributed by atoms with E-state index in [9.17, 15) is 9.59 Å². The third-order valence-electron chi connectivity index (χ3n) is 4.73. The molecule has 0 saturated carbocycles. The number of nitrogens with zero attached hydrogens (tertiary/aromatic N) is 2. The van der Waals surface area contributed by atoms with Crippen LogP contribution >= 0.6 is 15.9 Å². The number of oxazole rings is 1. The molecule has 0 bridgehead atoms. The summed E-state index contributed by atoms with van der Waals surface area (Å²) >= 11 is 3.42. The van der Waals surface area contributed by atoms with E-state index in [2.05, 4.69) is 15.9 Å². The molecule has 0 saturated heterocycles. The number of benzene rings is 2. The van der Waals surface area contributed by atoms with Crippen LogP contribution in [0.4, 0.5) is 0 Å². The Balaban J connectivity index is 1.39. The van der Waals surface area contributed by atoms with E-state index >= 15 is 0 Å². The first-order chi connectivity index (χ1) is 14.0. The summed E-state index contributed by atoms with van der Waals surface area (Å²) in [5, 5.41) is 0. The van der Waals surface area contributed by atoms with Crippen molar-refractivity contribution in [3.05, 3.63) is 81.4 Å². The second-order valence-corrected chi connectivity index (χ2v) is 7.68. The molecule has 0 aliphatic carbocycles. The van der Waals surface area contributed by atoms with E-state index in [0.29, 0.717) is 23.4 Å². The van der Waals surface area contributed by atoms with Gasteiger partial charge in [0.05, 0.1) is 12.1 Å². The average molecular weight is 455 g/mol. The second kappa shape index (κ2) is 8.13. The van der Waals surface area contributed by atoms with Crippen LogP contribution in [0.3, 0.4) is 0 Å². The van der Waals surface area contributed by atoms with Crippen LogP contribution in [0, 0.1) is 0 Å².